The van der Waals surface area contributed by atoms with Crippen LogP contribution in [0.25, 0.3) is 0 Å². The largest absolute Gasteiger partial charge is 0.0876 e. The zero-order valence-electron chi connectivity index (χ0n) is 13.9. The van der Waals surface area contributed by atoms with Crippen molar-refractivity contribution in [2.24, 2.45) is 0 Å². The maximum Gasteiger partial charge on any atom is 0.0198 e. The summed E-state index contributed by atoms with van der Waals surface area (Å²) >= 11 is 0. The van der Waals surface area contributed by atoms with Crippen LogP contribution in [-0.4, -0.2) is 0 Å². The van der Waals surface area contributed by atoms with E-state index in [1.807, 2.05) is 0 Å². The minimum absolute atomic E-state index is 0.439. The molecule has 0 spiro atoms. The fourth-order valence-corrected chi connectivity index (χ4v) is 2.47. The quantitative estimate of drug-likeness (QED) is 0.302. The van der Waals surface area contributed by atoms with Gasteiger partial charge in [-0.15, -0.1) is 0 Å². The van der Waals surface area contributed by atoms with Gasteiger partial charge in [0.05, 0.1) is 0 Å². The second-order valence-corrected chi connectivity index (χ2v) is 5.78. The first-order chi connectivity index (χ1) is 10.4. The molecule has 0 aromatic heterocycles. The van der Waals surface area contributed by atoms with E-state index in [0.717, 1.165) is 0 Å². The van der Waals surface area contributed by atoms with Crippen LogP contribution in [0.3, 0.4) is 0 Å². The average Bonchev–Trinajstić information content (AvgIpc) is 2.53. The Morgan fingerprint density at radius 1 is 0.762 bits per heavy atom. The smallest absolute Gasteiger partial charge is 0.0198 e. The van der Waals surface area contributed by atoms with Crippen LogP contribution in [0.2, 0.25) is 0 Å². The minimum atomic E-state index is 0.439. The van der Waals surface area contributed by atoms with E-state index in [4.69, 9.17) is 0 Å². The molecule has 0 nitrogen and oxygen atoms in total. The van der Waals surface area contributed by atoms with Gasteiger partial charge in [-0.3, -0.25) is 0 Å². The van der Waals surface area contributed by atoms with E-state index in [1.54, 1.807) is 0 Å². The molecule has 0 amide bonds. The molecule has 0 aliphatic carbocycles. The number of hydrogen-bond acceptors (Lipinski definition) is 0. The van der Waals surface area contributed by atoms with Crippen LogP contribution < -0.4 is 0 Å². The third-order valence-corrected chi connectivity index (χ3v) is 3.82. The van der Waals surface area contributed by atoms with Crippen molar-refractivity contribution in [1.82, 2.24) is 0 Å². The molecule has 0 radical (unpaired) electrons. The van der Waals surface area contributed by atoms with E-state index in [9.17, 15) is 0 Å². The standard InChI is InChI=1S/C21H32/c1-3-5-7-9-12-16-20(17-13-10-8-6-4-2)21-18-14-11-15-19-21/h11-20H,3-10H2,1-2H3. The average molecular weight is 284 g/mol. The minimum Gasteiger partial charge on any atom is -0.0876 e. The third-order valence-electron chi connectivity index (χ3n) is 3.82. The molecule has 0 heterocycles. The van der Waals surface area contributed by atoms with Gasteiger partial charge in [-0.2, -0.15) is 0 Å². The highest BCUT2D eigenvalue weighted by molar-refractivity contribution is 5.28. The fraction of sp³-hybridized carbons (Fsp3) is 0.524. The first kappa shape index (κ1) is 17.8. The van der Waals surface area contributed by atoms with Gasteiger partial charge >= 0.3 is 0 Å². The van der Waals surface area contributed by atoms with Crippen molar-refractivity contribution in [2.75, 3.05) is 0 Å². The zero-order valence-corrected chi connectivity index (χ0v) is 13.9. The second kappa shape index (κ2) is 12.4. The predicted molar refractivity (Wildman–Crippen MR) is 95.7 cm³/mol. The van der Waals surface area contributed by atoms with Gasteiger partial charge in [0.1, 0.15) is 0 Å². The van der Waals surface area contributed by atoms with Crippen LogP contribution in [0.5, 0.6) is 0 Å². The Hall–Kier alpha value is -1.30. The van der Waals surface area contributed by atoms with Gasteiger partial charge in [0.2, 0.25) is 0 Å². The molecule has 1 aromatic rings. The van der Waals surface area contributed by atoms with E-state index in [2.05, 4.69) is 68.5 Å². The van der Waals surface area contributed by atoms with Crippen LogP contribution in [0, 0.1) is 0 Å². The first-order valence-corrected chi connectivity index (χ1v) is 8.76. The normalized spacial score (nSPS) is 13.2. The van der Waals surface area contributed by atoms with Crippen molar-refractivity contribution in [3.8, 4) is 0 Å². The molecule has 1 rings (SSSR count). The highest BCUT2D eigenvalue weighted by Gasteiger charge is 2.02. The summed E-state index contributed by atoms with van der Waals surface area (Å²) in [5.74, 6) is 0.439. The molecule has 116 valence electrons. The first-order valence-electron chi connectivity index (χ1n) is 8.76. The Balaban J connectivity index is 2.54. The van der Waals surface area contributed by atoms with Crippen molar-refractivity contribution in [3.05, 3.63) is 60.2 Å². The topological polar surface area (TPSA) is 0 Å². The summed E-state index contributed by atoms with van der Waals surface area (Å²) < 4.78 is 0. The lowest BCUT2D eigenvalue weighted by Crippen LogP contribution is -1.90. The zero-order chi connectivity index (χ0) is 15.2. The van der Waals surface area contributed by atoms with Crippen LogP contribution >= 0.6 is 0 Å². The van der Waals surface area contributed by atoms with Gasteiger partial charge in [-0.1, -0.05) is 94.2 Å². The summed E-state index contributed by atoms with van der Waals surface area (Å²) in [5, 5.41) is 0. The van der Waals surface area contributed by atoms with Crippen LogP contribution in [-0.2, 0) is 0 Å². The molecule has 1 aromatic carbocycles. The molecule has 0 fully saturated rings. The van der Waals surface area contributed by atoms with Crippen molar-refractivity contribution >= 4 is 0 Å². The Labute approximate surface area is 132 Å². The summed E-state index contributed by atoms with van der Waals surface area (Å²) in [6.45, 7) is 4.52. The number of allylic oxidation sites excluding steroid dienone is 4. The van der Waals surface area contributed by atoms with Crippen LogP contribution in [0.4, 0.5) is 0 Å². The summed E-state index contributed by atoms with van der Waals surface area (Å²) in [4.78, 5) is 0. The van der Waals surface area contributed by atoms with Crippen LogP contribution in [0.15, 0.2) is 54.6 Å². The van der Waals surface area contributed by atoms with Crippen molar-refractivity contribution in [1.29, 1.82) is 0 Å². The van der Waals surface area contributed by atoms with Gasteiger partial charge in [0, 0.05) is 5.92 Å². The van der Waals surface area contributed by atoms with Gasteiger partial charge in [-0.05, 0) is 31.2 Å². The molecule has 0 atom stereocenters. The van der Waals surface area contributed by atoms with E-state index in [-0.39, 0.29) is 0 Å². The molecular weight excluding hydrogens is 252 g/mol. The predicted octanol–water partition coefficient (Wildman–Crippen LogP) is 7.04. The lowest BCUT2D eigenvalue weighted by atomic mass is 9.97. The lowest BCUT2D eigenvalue weighted by molar-refractivity contribution is 0.725. The van der Waals surface area contributed by atoms with Crippen molar-refractivity contribution in [3.63, 3.8) is 0 Å². The molecule has 21 heavy (non-hydrogen) atoms. The highest BCUT2D eigenvalue weighted by atomic mass is 14.1. The summed E-state index contributed by atoms with van der Waals surface area (Å²) in [7, 11) is 0. The van der Waals surface area contributed by atoms with E-state index >= 15 is 0 Å². The molecule has 0 saturated heterocycles. The third kappa shape index (κ3) is 8.55. The summed E-state index contributed by atoms with van der Waals surface area (Å²) in [6, 6.07) is 10.8. The molecule has 0 bridgehead atoms. The Kier molecular flexibility index (Phi) is 10.5. The molecule has 0 saturated carbocycles. The Morgan fingerprint density at radius 2 is 1.29 bits per heavy atom. The van der Waals surface area contributed by atoms with E-state index < -0.39 is 0 Å². The maximum atomic E-state index is 2.38. The van der Waals surface area contributed by atoms with E-state index in [1.165, 1.54) is 56.9 Å². The summed E-state index contributed by atoms with van der Waals surface area (Å²) in [6.07, 6.45) is 19.8. The summed E-state index contributed by atoms with van der Waals surface area (Å²) in [5.41, 5.74) is 1.40. The second-order valence-electron chi connectivity index (χ2n) is 5.78. The van der Waals surface area contributed by atoms with Gasteiger partial charge < -0.3 is 0 Å². The number of rotatable bonds is 11. The number of benzene rings is 1. The van der Waals surface area contributed by atoms with Gasteiger partial charge in [0.25, 0.3) is 0 Å². The lowest BCUT2D eigenvalue weighted by Gasteiger charge is -2.08. The molecular formula is C21H32. The number of hydrogen-bond donors (Lipinski definition) is 0. The van der Waals surface area contributed by atoms with E-state index in [0.29, 0.717) is 5.92 Å². The van der Waals surface area contributed by atoms with Crippen molar-refractivity contribution in [2.45, 2.75) is 71.1 Å². The molecule has 0 aliphatic rings. The van der Waals surface area contributed by atoms with Crippen LogP contribution in [0.1, 0.15) is 76.7 Å². The molecule has 0 aliphatic heterocycles. The van der Waals surface area contributed by atoms with Gasteiger partial charge in [0.15, 0.2) is 0 Å². The maximum absolute atomic E-state index is 2.38. The highest BCUT2D eigenvalue weighted by Crippen LogP contribution is 2.20. The SMILES string of the molecule is CCCCCC=CC(C=CCCCCC)c1ccccc1. The monoisotopic (exact) mass is 284 g/mol. The molecule has 0 heteroatoms. The Morgan fingerprint density at radius 3 is 1.76 bits per heavy atom. The Bertz CT molecular complexity index is 366. The molecule has 0 unspecified atom stereocenters. The van der Waals surface area contributed by atoms with Crippen molar-refractivity contribution < 1.29 is 0 Å². The fourth-order valence-electron chi connectivity index (χ4n) is 2.47. The number of unbranched alkanes of at least 4 members (excludes halogenated alkanes) is 6. The molecule has 0 N–H and O–H groups in total. The van der Waals surface area contributed by atoms with Gasteiger partial charge in [-0.25, -0.2) is 0 Å².